The number of amides is 1. The molecular weight excluding hydrogens is 397 g/mol. The number of hydrogen-bond acceptors (Lipinski definition) is 4. The molecule has 6 heteroatoms. The summed E-state index contributed by atoms with van der Waals surface area (Å²) in [5.74, 6) is -0.246. The minimum absolute atomic E-state index is 0.116. The van der Waals surface area contributed by atoms with E-state index < -0.39 is 17.8 Å². The van der Waals surface area contributed by atoms with Crippen molar-refractivity contribution >= 4 is 11.5 Å². The van der Waals surface area contributed by atoms with E-state index in [2.05, 4.69) is 0 Å². The van der Waals surface area contributed by atoms with Crippen molar-refractivity contribution < 1.29 is 23.8 Å². The van der Waals surface area contributed by atoms with Crippen LogP contribution in [0.4, 0.5) is 4.39 Å². The van der Waals surface area contributed by atoms with Gasteiger partial charge >= 0.3 is 0 Å². The summed E-state index contributed by atoms with van der Waals surface area (Å²) >= 11 is 0. The van der Waals surface area contributed by atoms with Crippen LogP contribution in [0.1, 0.15) is 22.7 Å². The Morgan fingerprint density at radius 3 is 2.35 bits per heavy atom. The van der Waals surface area contributed by atoms with Gasteiger partial charge in [0, 0.05) is 22.8 Å². The first-order chi connectivity index (χ1) is 15.0. The maximum Gasteiger partial charge on any atom is 0.290 e. The Morgan fingerprint density at radius 2 is 1.68 bits per heavy atom. The van der Waals surface area contributed by atoms with Gasteiger partial charge in [0.15, 0.2) is 5.76 Å². The Hall–Kier alpha value is -3.80. The zero-order valence-electron chi connectivity index (χ0n) is 17.2. The van der Waals surface area contributed by atoms with E-state index >= 15 is 0 Å². The SMILES string of the molecule is COc1ccc(CN2C(=O)C(O)=C(c3ccccc3)C2c2ccccc2F)c(OC)c1. The summed E-state index contributed by atoms with van der Waals surface area (Å²) in [4.78, 5) is 14.6. The normalized spacial score (nSPS) is 16.0. The fourth-order valence-electron chi connectivity index (χ4n) is 3.92. The Kier molecular flexibility index (Phi) is 5.62. The lowest BCUT2D eigenvalue weighted by molar-refractivity contribution is -0.130. The molecule has 0 aromatic heterocycles. The molecule has 0 aliphatic carbocycles. The van der Waals surface area contributed by atoms with Crippen LogP contribution in [0.25, 0.3) is 5.57 Å². The zero-order valence-corrected chi connectivity index (χ0v) is 17.2. The van der Waals surface area contributed by atoms with Crippen LogP contribution in [0.5, 0.6) is 11.5 Å². The van der Waals surface area contributed by atoms with Gasteiger partial charge in [0.05, 0.1) is 26.8 Å². The first-order valence-corrected chi connectivity index (χ1v) is 9.80. The molecule has 31 heavy (non-hydrogen) atoms. The lowest BCUT2D eigenvalue weighted by Gasteiger charge is -2.28. The van der Waals surface area contributed by atoms with Crippen LogP contribution >= 0.6 is 0 Å². The molecule has 4 rings (SSSR count). The van der Waals surface area contributed by atoms with Gasteiger partial charge in [0.1, 0.15) is 17.3 Å². The van der Waals surface area contributed by atoms with Gasteiger partial charge < -0.3 is 19.5 Å². The Morgan fingerprint density at radius 1 is 0.968 bits per heavy atom. The van der Waals surface area contributed by atoms with E-state index in [4.69, 9.17) is 9.47 Å². The van der Waals surface area contributed by atoms with Crippen molar-refractivity contribution in [1.82, 2.24) is 4.90 Å². The molecule has 1 aliphatic heterocycles. The number of benzene rings is 3. The topological polar surface area (TPSA) is 59.0 Å². The van der Waals surface area contributed by atoms with E-state index in [0.717, 1.165) is 0 Å². The summed E-state index contributed by atoms with van der Waals surface area (Å²) in [6.45, 7) is 0.116. The maximum absolute atomic E-state index is 14.9. The molecule has 1 heterocycles. The second-order valence-corrected chi connectivity index (χ2v) is 7.16. The fraction of sp³-hybridized carbons (Fsp3) is 0.160. The molecule has 3 aromatic carbocycles. The summed E-state index contributed by atoms with van der Waals surface area (Å²) < 4.78 is 25.6. The third kappa shape index (κ3) is 3.72. The predicted octanol–water partition coefficient (Wildman–Crippen LogP) is 4.90. The van der Waals surface area contributed by atoms with Crippen molar-refractivity contribution in [2.45, 2.75) is 12.6 Å². The van der Waals surface area contributed by atoms with Crippen molar-refractivity contribution in [2.24, 2.45) is 0 Å². The summed E-state index contributed by atoms with van der Waals surface area (Å²) in [6.07, 6.45) is 0. The van der Waals surface area contributed by atoms with E-state index in [9.17, 15) is 14.3 Å². The standard InChI is InChI=1S/C25H22FNO4/c1-30-18-13-12-17(21(14-18)31-2)15-27-23(19-10-6-7-11-20(19)26)22(24(28)25(27)29)16-8-4-3-5-9-16/h3-14,23,28H,15H2,1-2H3. The molecule has 1 amide bonds. The average molecular weight is 419 g/mol. The summed E-state index contributed by atoms with van der Waals surface area (Å²) in [5, 5.41) is 10.8. The number of methoxy groups -OCH3 is 2. The molecule has 0 fully saturated rings. The molecule has 1 N–H and O–H groups in total. The smallest absolute Gasteiger partial charge is 0.290 e. The maximum atomic E-state index is 14.9. The minimum Gasteiger partial charge on any atom is -0.503 e. The quantitative estimate of drug-likeness (QED) is 0.618. The van der Waals surface area contributed by atoms with Gasteiger partial charge in [-0.25, -0.2) is 4.39 Å². The number of nitrogens with zero attached hydrogens (tertiary/aromatic N) is 1. The van der Waals surface area contributed by atoms with Crippen molar-refractivity contribution in [3.05, 3.63) is 101 Å². The van der Waals surface area contributed by atoms with Gasteiger partial charge in [0.2, 0.25) is 0 Å². The minimum atomic E-state index is -0.789. The zero-order chi connectivity index (χ0) is 22.0. The van der Waals surface area contributed by atoms with Gasteiger partial charge in [-0.15, -0.1) is 0 Å². The van der Waals surface area contributed by atoms with Crippen molar-refractivity contribution in [3.63, 3.8) is 0 Å². The summed E-state index contributed by atoms with van der Waals surface area (Å²) in [6, 6.07) is 19.8. The number of rotatable bonds is 6. The largest absolute Gasteiger partial charge is 0.503 e. The highest BCUT2D eigenvalue weighted by molar-refractivity contribution is 6.05. The molecule has 3 aromatic rings. The van der Waals surface area contributed by atoms with Gasteiger partial charge in [-0.05, 0) is 23.8 Å². The van der Waals surface area contributed by atoms with Gasteiger partial charge in [-0.2, -0.15) is 0 Å². The molecule has 0 saturated heterocycles. The monoisotopic (exact) mass is 419 g/mol. The third-order valence-electron chi connectivity index (χ3n) is 5.42. The molecule has 0 bridgehead atoms. The number of hydrogen-bond donors (Lipinski definition) is 1. The predicted molar refractivity (Wildman–Crippen MR) is 115 cm³/mol. The van der Waals surface area contributed by atoms with E-state index in [1.165, 1.54) is 18.1 Å². The highest BCUT2D eigenvalue weighted by Gasteiger charge is 2.42. The molecule has 1 aliphatic rings. The first-order valence-electron chi connectivity index (χ1n) is 9.80. The number of halogens is 1. The summed E-state index contributed by atoms with van der Waals surface area (Å²) in [5.41, 5.74) is 2.06. The second kappa shape index (κ2) is 8.52. The van der Waals surface area contributed by atoms with Crippen LogP contribution in [0.2, 0.25) is 0 Å². The van der Waals surface area contributed by atoms with Crippen molar-refractivity contribution in [2.75, 3.05) is 14.2 Å². The van der Waals surface area contributed by atoms with Crippen LogP contribution in [0.3, 0.4) is 0 Å². The Bertz CT molecular complexity index is 1140. The number of aliphatic hydroxyl groups excluding tert-OH is 1. The fourth-order valence-corrected chi connectivity index (χ4v) is 3.92. The lowest BCUT2D eigenvalue weighted by atomic mass is 9.93. The molecule has 0 radical (unpaired) electrons. The lowest BCUT2D eigenvalue weighted by Crippen LogP contribution is -2.30. The highest BCUT2D eigenvalue weighted by Crippen LogP contribution is 2.45. The molecule has 1 atom stereocenters. The van der Waals surface area contributed by atoms with E-state index in [-0.39, 0.29) is 12.3 Å². The van der Waals surface area contributed by atoms with Crippen LogP contribution in [-0.4, -0.2) is 30.1 Å². The third-order valence-corrected chi connectivity index (χ3v) is 5.42. The number of carbonyl (C=O) groups is 1. The number of aliphatic hydroxyl groups is 1. The van der Waals surface area contributed by atoms with Crippen molar-refractivity contribution in [1.29, 1.82) is 0 Å². The van der Waals surface area contributed by atoms with E-state index in [1.807, 2.05) is 18.2 Å². The Balaban J connectivity index is 1.82. The van der Waals surface area contributed by atoms with Crippen LogP contribution < -0.4 is 9.47 Å². The molecule has 5 nitrogen and oxygen atoms in total. The van der Waals surface area contributed by atoms with Gasteiger partial charge in [-0.1, -0.05) is 48.5 Å². The molecule has 1 unspecified atom stereocenters. The van der Waals surface area contributed by atoms with Crippen LogP contribution in [-0.2, 0) is 11.3 Å². The van der Waals surface area contributed by atoms with E-state index in [0.29, 0.717) is 33.8 Å². The molecule has 0 spiro atoms. The van der Waals surface area contributed by atoms with Gasteiger partial charge in [0.25, 0.3) is 5.91 Å². The number of carbonyl (C=O) groups excluding carboxylic acids is 1. The molecular formula is C25H22FNO4. The molecule has 0 saturated carbocycles. The highest BCUT2D eigenvalue weighted by atomic mass is 19.1. The Labute approximate surface area is 180 Å². The summed E-state index contributed by atoms with van der Waals surface area (Å²) in [7, 11) is 3.09. The number of ether oxygens (including phenoxy) is 2. The second-order valence-electron chi connectivity index (χ2n) is 7.16. The average Bonchev–Trinajstić information content (AvgIpc) is 3.05. The van der Waals surface area contributed by atoms with Gasteiger partial charge in [-0.3, -0.25) is 4.79 Å². The van der Waals surface area contributed by atoms with E-state index in [1.54, 1.807) is 55.6 Å². The van der Waals surface area contributed by atoms with Crippen molar-refractivity contribution in [3.8, 4) is 11.5 Å². The first kappa shape index (κ1) is 20.5. The van der Waals surface area contributed by atoms with Crippen LogP contribution in [0, 0.1) is 5.82 Å². The van der Waals surface area contributed by atoms with Crippen LogP contribution in [0.15, 0.2) is 78.6 Å². The molecule has 158 valence electrons.